The van der Waals surface area contributed by atoms with Crippen molar-refractivity contribution in [1.82, 2.24) is 0 Å². The van der Waals surface area contributed by atoms with E-state index in [0.29, 0.717) is 0 Å². The number of ether oxygens (including phenoxy) is 1. The minimum absolute atomic E-state index is 0.805. The predicted octanol–water partition coefficient (Wildman–Crippen LogP) is 4.16. The van der Waals surface area contributed by atoms with Crippen LogP contribution >= 0.6 is 0 Å². The van der Waals surface area contributed by atoms with E-state index in [4.69, 9.17) is 21.0 Å². The summed E-state index contributed by atoms with van der Waals surface area (Å²) in [5.74, 6) is 0.805. The van der Waals surface area contributed by atoms with Crippen LogP contribution in [0.3, 0.4) is 0 Å². The molecule has 0 amide bonds. The third-order valence-electron chi connectivity index (χ3n) is 3.28. The topological polar surface area (TPSA) is 38.7 Å². The van der Waals surface area contributed by atoms with Crippen molar-refractivity contribution in [2.75, 3.05) is 7.11 Å². The van der Waals surface area contributed by atoms with Crippen LogP contribution in [-0.4, -0.2) is 13.3 Å². The van der Waals surface area contributed by atoms with E-state index in [2.05, 4.69) is 31.0 Å². The number of methoxy groups -OCH3 is 1. The van der Waals surface area contributed by atoms with E-state index < -0.39 is 0 Å². The van der Waals surface area contributed by atoms with Gasteiger partial charge in [-0.05, 0) is 49.6 Å². The minimum atomic E-state index is 0.805. The first-order valence-corrected chi connectivity index (χ1v) is 7.65. The standard InChI is InChI=1S/C17H19NOS.O.V/c1-11-6-5-7-12(2)16(11)18-10-14-9-15(19-4)8-13(3)17(14)20;;/h5-10,20H,1-4H3;;/p-1. The van der Waals surface area contributed by atoms with Crippen LogP contribution in [0.1, 0.15) is 22.3 Å². The molecule has 0 saturated carbocycles. The molecule has 0 aliphatic carbocycles. The molecule has 2 rings (SSSR count). The molecule has 2 aromatic carbocycles. The maximum atomic E-state index is 8.19. The van der Waals surface area contributed by atoms with Gasteiger partial charge in [-0.15, -0.1) is 0 Å². The van der Waals surface area contributed by atoms with Crippen LogP contribution in [0, 0.1) is 20.8 Å². The van der Waals surface area contributed by atoms with Crippen LogP contribution in [0.4, 0.5) is 5.69 Å². The number of nitrogens with zero attached hydrogens (tertiary/aromatic N) is 1. The van der Waals surface area contributed by atoms with Gasteiger partial charge in [-0.25, -0.2) is 0 Å². The second-order valence-electron chi connectivity index (χ2n) is 4.86. The summed E-state index contributed by atoms with van der Waals surface area (Å²) in [5, 5.41) is 0. The summed E-state index contributed by atoms with van der Waals surface area (Å²) in [4.78, 5) is 5.43. The van der Waals surface area contributed by atoms with Crippen LogP contribution in [0.25, 0.3) is 0 Å². The fourth-order valence-electron chi connectivity index (χ4n) is 2.12. The van der Waals surface area contributed by atoms with Crippen LogP contribution in [-0.2, 0) is 33.7 Å². The van der Waals surface area contributed by atoms with E-state index in [1.807, 2.05) is 31.3 Å². The van der Waals surface area contributed by atoms with Crippen molar-refractivity contribution >= 4 is 24.5 Å². The average Bonchev–Trinajstić information content (AvgIpc) is 2.52. The first kappa shape index (κ1) is 18.6. The predicted molar refractivity (Wildman–Crippen MR) is 87.2 cm³/mol. The van der Waals surface area contributed by atoms with Crippen molar-refractivity contribution in [1.29, 1.82) is 0 Å². The summed E-state index contributed by atoms with van der Waals surface area (Å²) >= 11 is 6.50. The van der Waals surface area contributed by atoms with Gasteiger partial charge in [0.05, 0.1) is 12.8 Å². The van der Waals surface area contributed by atoms with Crippen molar-refractivity contribution in [2.24, 2.45) is 4.99 Å². The molecule has 0 fully saturated rings. The van der Waals surface area contributed by atoms with E-state index in [1.54, 1.807) is 7.11 Å². The number of hydrogen-bond donors (Lipinski definition) is 0. The van der Waals surface area contributed by atoms with Gasteiger partial charge in [0.2, 0.25) is 0 Å². The molecule has 0 saturated heterocycles. The zero-order valence-corrected chi connectivity index (χ0v) is 15.3. The summed E-state index contributed by atoms with van der Waals surface area (Å²) < 4.78 is 13.5. The molecule has 2 aromatic rings. The van der Waals surface area contributed by atoms with E-state index in [0.717, 1.165) is 56.0 Å². The molecular weight excluding hydrogens is 333 g/mol. The van der Waals surface area contributed by atoms with Gasteiger partial charge in [-0.3, -0.25) is 4.99 Å². The summed E-state index contributed by atoms with van der Waals surface area (Å²) in [7, 11) is 1.66. The molecule has 5 heteroatoms. The summed E-state index contributed by atoms with van der Waals surface area (Å²) in [5.41, 5.74) is 5.27. The number of rotatable bonds is 3. The molecule has 0 aliphatic rings. The third-order valence-corrected chi connectivity index (χ3v) is 3.84. The Hall–Kier alpha value is -1.49. The van der Waals surface area contributed by atoms with Crippen molar-refractivity contribution in [3.63, 3.8) is 0 Å². The Bertz CT molecular complexity index is 666. The van der Waals surface area contributed by atoms with Crippen LogP contribution in [0.2, 0.25) is 0 Å². The monoisotopic (exact) mass is 351 g/mol. The van der Waals surface area contributed by atoms with Crippen molar-refractivity contribution in [3.05, 3.63) is 52.6 Å². The molecule has 0 spiro atoms. The fraction of sp³-hybridized carbons (Fsp3) is 0.235. The van der Waals surface area contributed by atoms with Gasteiger partial charge in [-0.1, -0.05) is 23.8 Å². The zero-order valence-electron chi connectivity index (χ0n) is 13.1. The number of aliphatic imine (C=N–C) groups is 1. The molecule has 0 radical (unpaired) electrons. The second-order valence-corrected chi connectivity index (χ2v) is 5.27. The molecule has 22 heavy (non-hydrogen) atoms. The fourth-order valence-corrected chi connectivity index (χ4v) is 2.29. The molecule has 115 valence electrons. The van der Waals surface area contributed by atoms with Crippen LogP contribution < -0.4 is 4.74 Å². The van der Waals surface area contributed by atoms with Crippen molar-refractivity contribution < 1.29 is 25.8 Å². The molecule has 0 unspecified atom stereocenters. The van der Waals surface area contributed by atoms with E-state index in [9.17, 15) is 0 Å². The Kier molecular flexibility index (Phi) is 7.46. The van der Waals surface area contributed by atoms with E-state index >= 15 is 0 Å². The van der Waals surface area contributed by atoms with Crippen molar-refractivity contribution in [2.45, 2.75) is 25.7 Å². The zero-order chi connectivity index (χ0) is 16.7. The van der Waals surface area contributed by atoms with Gasteiger partial charge >= 0.3 is 21.0 Å². The second kappa shape index (κ2) is 8.84. The molecular formula is C17H18NO2SV-. The quantitative estimate of drug-likeness (QED) is 0.616. The first-order chi connectivity index (χ1) is 10.5. The van der Waals surface area contributed by atoms with Gasteiger partial charge in [0.1, 0.15) is 5.75 Å². The van der Waals surface area contributed by atoms with Crippen molar-refractivity contribution in [3.8, 4) is 5.75 Å². The summed E-state index contributed by atoms with van der Waals surface area (Å²) in [6.07, 6.45) is 1.83. The van der Waals surface area contributed by atoms with E-state index in [1.165, 1.54) is 0 Å². The third kappa shape index (κ3) is 4.50. The SMILES string of the molecule is COc1cc(C)c([S-])c(C=Nc2c(C)cccc2C)c1.[O]=[V]. The van der Waals surface area contributed by atoms with Gasteiger partial charge in [-0.2, -0.15) is 4.90 Å². The molecule has 3 nitrogen and oxygen atoms in total. The van der Waals surface area contributed by atoms with E-state index in [-0.39, 0.29) is 0 Å². The number of benzene rings is 2. The first-order valence-electron chi connectivity index (χ1n) is 6.67. The maximum absolute atomic E-state index is 8.19. The van der Waals surface area contributed by atoms with Crippen LogP contribution in [0.15, 0.2) is 40.2 Å². The van der Waals surface area contributed by atoms with Gasteiger partial charge in [0.25, 0.3) is 0 Å². The van der Waals surface area contributed by atoms with Gasteiger partial charge < -0.3 is 17.4 Å². The number of aryl methyl sites for hydroxylation is 3. The molecule has 0 atom stereocenters. The molecule has 0 bridgehead atoms. The Labute approximate surface area is 146 Å². The molecule has 0 heterocycles. The number of para-hydroxylation sites is 1. The molecule has 0 aliphatic heterocycles. The number of hydrogen-bond acceptors (Lipinski definition) is 4. The van der Waals surface area contributed by atoms with Gasteiger partial charge in [0.15, 0.2) is 0 Å². The van der Waals surface area contributed by atoms with Crippen LogP contribution in [0.5, 0.6) is 5.75 Å². The summed E-state index contributed by atoms with van der Waals surface area (Å²) in [6, 6.07) is 10.0. The Morgan fingerprint density at radius 1 is 1.09 bits per heavy atom. The Morgan fingerprint density at radius 3 is 2.23 bits per heavy atom. The Balaban J connectivity index is 0.00000116. The normalized spacial score (nSPS) is 10.1. The average molecular weight is 351 g/mol. The molecule has 0 N–H and O–H groups in total. The summed E-state index contributed by atoms with van der Waals surface area (Å²) in [6.45, 7) is 6.11. The molecule has 0 aromatic heterocycles. The Morgan fingerprint density at radius 2 is 1.68 bits per heavy atom. The van der Waals surface area contributed by atoms with Gasteiger partial charge in [0, 0.05) is 6.21 Å².